The quantitative estimate of drug-likeness (QED) is 0.810. The van der Waals surface area contributed by atoms with Gasteiger partial charge in [-0.2, -0.15) is 0 Å². The number of benzene rings is 1. The average Bonchev–Trinajstić information content (AvgIpc) is 2.89. The highest BCUT2D eigenvalue weighted by Crippen LogP contribution is 2.54. The Labute approximate surface area is 121 Å². The van der Waals surface area contributed by atoms with Gasteiger partial charge in [-0.1, -0.05) is 12.1 Å². The van der Waals surface area contributed by atoms with Gasteiger partial charge in [0.1, 0.15) is 11.2 Å². The van der Waals surface area contributed by atoms with Crippen molar-refractivity contribution in [3.8, 4) is 0 Å². The number of hydrogen-bond acceptors (Lipinski definition) is 1. The molecule has 0 aliphatic carbocycles. The molecule has 2 fully saturated rings. The molecular weight excluding hydrogens is 279 g/mol. The first-order chi connectivity index (χ1) is 9.74. The largest absolute Gasteiger partial charge is 0.332 e. The molecule has 0 spiro atoms. The topological polar surface area (TPSA) is 20.3 Å². The molecule has 3 atom stereocenters. The summed E-state index contributed by atoms with van der Waals surface area (Å²) in [6, 6.07) is 5.62. The standard InChI is InChI=1S/C16H18F3NO/c1-15(16(2,18)19)9-12-6-7-13(20(12)14(15)21)10-4-3-5-11(17)8-10/h3-5,8,12-13H,6-7,9H2,1-2H3/t12-,13+,15-/m1/s1. The van der Waals surface area contributed by atoms with Gasteiger partial charge in [0, 0.05) is 13.0 Å². The third-order valence-corrected chi connectivity index (χ3v) is 5.06. The predicted octanol–water partition coefficient (Wildman–Crippen LogP) is 3.92. The fourth-order valence-electron chi connectivity index (χ4n) is 3.64. The third-order valence-electron chi connectivity index (χ3n) is 5.06. The van der Waals surface area contributed by atoms with Crippen LogP contribution in [0.25, 0.3) is 0 Å². The molecular formula is C16H18F3NO. The molecule has 1 aromatic rings. The van der Waals surface area contributed by atoms with Crippen LogP contribution in [0.15, 0.2) is 24.3 Å². The summed E-state index contributed by atoms with van der Waals surface area (Å²) in [6.07, 6.45) is 1.56. The van der Waals surface area contributed by atoms with Crippen molar-refractivity contribution in [1.82, 2.24) is 4.90 Å². The molecule has 2 aliphatic rings. The van der Waals surface area contributed by atoms with Crippen LogP contribution in [0.1, 0.15) is 44.7 Å². The monoisotopic (exact) mass is 297 g/mol. The van der Waals surface area contributed by atoms with Crippen molar-refractivity contribution in [3.05, 3.63) is 35.6 Å². The SMILES string of the molecule is CC(F)(F)[C@]1(C)C[C@H]2CC[C@@H](c3cccc(F)c3)N2C1=O. The molecule has 2 saturated heterocycles. The highest BCUT2D eigenvalue weighted by molar-refractivity contribution is 5.87. The van der Waals surface area contributed by atoms with Crippen LogP contribution >= 0.6 is 0 Å². The number of carbonyl (C=O) groups is 1. The molecule has 0 radical (unpaired) electrons. The number of carbonyl (C=O) groups excluding carboxylic acids is 1. The lowest BCUT2D eigenvalue weighted by atomic mass is 9.80. The number of amides is 1. The van der Waals surface area contributed by atoms with Crippen LogP contribution in [0, 0.1) is 11.2 Å². The Morgan fingerprint density at radius 2 is 2.05 bits per heavy atom. The number of halogens is 3. The Balaban J connectivity index is 1.95. The lowest BCUT2D eigenvalue weighted by Gasteiger charge is -2.31. The maximum absolute atomic E-state index is 13.9. The van der Waals surface area contributed by atoms with Gasteiger partial charge < -0.3 is 4.90 Å². The zero-order valence-electron chi connectivity index (χ0n) is 12.1. The van der Waals surface area contributed by atoms with Crippen molar-refractivity contribution in [2.24, 2.45) is 5.41 Å². The number of fused-ring (bicyclic) bond motifs is 1. The number of hydrogen-bond donors (Lipinski definition) is 0. The number of alkyl halides is 2. The number of nitrogens with zero attached hydrogens (tertiary/aromatic N) is 1. The first-order valence-electron chi connectivity index (χ1n) is 7.20. The molecule has 1 amide bonds. The van der Waals surface area contributed by atoms with Gasteiger partial charge >= 0.3 is 0 Å². The van der Waals surface area contributed by atoms with E-state index in [1.807, 2.05) is 0 Å². The van der Waals surface area contributed by atoms with E-state index < -0.39 is 17.2 Å². The predicted molar refractivity (Wildman–Crippen MR) is 72.4 cm³/mol. The molecule has 0 unspecified atom stereocenters. The van der Waals surface area contributed by atoms with Gasteiger partial charge in [0.05, 0.1) is 6.04 Å². The Kier molecular flexibility index (Phi) is 3.08. The first kappa shape index (κ1) is 14.4. The second-order valence-electron chi connectivity index (χ2n) is 6.44. The van der Waals surface area contributed by atoms with Crippen LogP contribution in [0.3, 0.4) is 0 Å². The van der Waals surface area contributed by atoms with E-state index in [0.29, 0.717) is 18.4 Å². The number of rotatable bonds is 2. The van der Waals surface area contributed by atoms with Crippen LogP contribution in [0.4, 0.5) is 13.2 Å². The lowest BCUT2D eigenvalue weighted by molar-refractivity contribution is -0.156. The van der Waals surface area contributed by atoms with E-state index >= 15 is 0 Å². The fraction of sp³-hybridized carbons (Fsp3) is 0.562. The maximum atomic E-state index is 13.9. The third kappa shape index (κ3) is 2.05. The smallest absolute Gasteiger partial charge is 0.259 e. The van der Waals surface area contributed by atoms with Gasteiger partial charge in [0.2, 0.25) is 5.91 Å². The molecule has 0 saturated carbocycles. The van der Waals surface area contributed by atoms with Gasteiger partial charge in [-0.25, -0.2) is 13.2 Å². The normalized spacial score (nSPS) is 32.6. The van der Waals surface area contributed by atoms with Crippen molar-refractivity contribution >= 4 is 5.91 Å². The van der Waals surface area contributed by atoms with E-state index in [0.717, 1.165) is 6.92 Å². The molecule has 21 heavy (non-hydrogen) atoms. The molecule has 3 rings (SSSR count). The summed E-state index contributed by atoms with van der Waals surface area (Å²) in [7, 11) is 0. The zero-order chi connectivity index (χ0) is 15.4. The molecule has 0 aromatic heterocycles. The average molecular weight is 297 g/mol. The van der Waals surface area contributed by atoms with Crippen molar-refractivity contribution in [2.75, 3.05) is 0 Å². The Bertz CT molecular complexity index is 583. The van der Waals surface area contributed by atoms with E-state index in [9.17, 15) is 18.0 Å². The Hall–Kier alpha value is -1.52. The summed E-state index contributed by atoms with van der Waals surface area (Å²) in [4.78, 5) is 14.1. The summed E-state index contributed by atoms with van der Waals surface area (Å²) < 4.78 is 41.1. The first-order valence-corrected chi connectivity index (χ1v) is 7.20. The van der Waals surface area contributed by atoms with Crippen LogP contribution in [-0.4, -0.2) is 22.8 Å². The summed E-state index contributed by atoms with van der Waals surface area (Å²) in [6.45, 7) is 2.15. The molecule has 1 aromatic carbocycles. The van der Waals surface area contributed by atoms with Crippen molar-refractivity contribution in [2.45, 2.75) is 51.1 Å². The highest BCUT2D eigenvalue weighted by Gasteiger charge is 2.62. The van der Waals surface area contributed by atoms with Gasteiger partial charge in [-0.15, -0.1) is 0 Å². The minimum atomic E-state index is -3.05. The minimum Gasteiger partial charge on any atom is -0.332 e. The van der Waals surface area contributed by atoms with E-state index in [2.05, 4.69) is 0 Å². The molecule has 114 valence electrons. The van der Waals surface area contributed by atoms with Gasteiger partial charge in [-0.3, -0.25) is 4.79 Å². The van der Waals surface area contributed by atoms with Crippen molar-refractivity contribution in [1.29, 1.82) is 0 Å². The van der Waals surface area contributed by atoms with Crippen LogP contribution in [-0.2, 0) is 4.79 Å². The maximum Gasteiger partial charge on any atom is 0.259 e. The molecule has 0 N–H and O–H groups in total. The second-order valence-corrected chi connectivity index (χ2v) is 6.44. The fourth-order valence-corrected chi connectivity index (χ4v) is 3.64. The molecule has 2 nitrogen and oxygen atoms in total. The molecule has 0 bridgehead atoms. The van der Waals surface area contributed by atoms with E-state index in [-0.39, 0.29) is 24.3 Å². The summed E-state index contributed by atoms with van der Waals surface area (Å²) in [5.41, 5.74) is -0.960. The van der Waals surface area contributed by atoms with Gasteiger partial charge in [-0.05, 0) is 43.9 Å². The zero-order valence-corrected chi connectivity index (χ0v) is 12.1. The molecule has 2 aliphatic heterocycles. The van der Waals surface area contributed by atoms with Crippen LogP contribution < -0.4 is 0 Å². The molecule has 2 heterocycles. The van der Waals surface area contributed by atoms with E-state index in [1.54, 1.807) is 17.0 Å². The van der Waals surface area contributed by atoms with Gasteiger partial charge in [0.25, 0.3) is 5.92 Å². The van der Waals surface area contributed by atoms with Crippen molar-refractivity contribution in [3.63, 3.8) is 0 Å². The Morgan fingerprint density at radius 3 is 2.67 bits per heavy atom. The molecule has 5 heteroatoms. The summed E-state index contributed by atoms with van der Waals surface area (Å²) in [5, 5.41) is 0. The second kappa shape index (κ2) is 4.49. The van der Waals surface area contributed by atoms with E-state index in [4.69, 9.17) is 0 Å². The van der Waals surface area contributed by atoms with Crippen molar-refractivity contribution < 1.29 is 18.0 Å². The van der Waals surface area contributed by atoms with Crippen LogP contribution in [0.5, 0.6) is 0 Å². The van der Waals surface area contributed by atoms with E-state index in [1.165, 1.54) is 19.1 Å². The highest BCUT2D eigenvalue weighted by atomic mass is 19.3. The van der Waals surface area contributed by atoms with Gasteiger partial charge in [0.15, 0.2) is 0 Å². The summed E-state index contributed by atoms with van der Waals surface area (Å²) in [5.74, 6) is -3.93. The van der Waals surface area contributed by atoms with Crippen LogP contribution in [0.2, 0.25) is 0 Å². The minimum absolute atomic E-state index is 0.165. The lowest BCUT2D eigenvalue weighted by Crippen LogP contribution is -2.44. The summed E-state index contributed by atoms with van der Waals surface area (Å²) >= 11 is 0. The Morgan fingerprint density at radius 1 is 1.33 bits per heavy atom.